The van der Waals surface area contributed by atoms with Gasteiger partial charge in [0.2, 0.25) is 12.7 Å². The fourth-order valence-electron chi connectivity index (χ4n) is 3.62. The maximum absolute atomic E-state index is 13.6. The lowest BCUT2D eigenvalue weighted by Crippen LogP contribution is -2.46. The Balaban J connectivity index is 1.38. The van der Waals surface area contributed by atoms with Crippen molar-refractivity contribution >= 4 is 17.8 Å². The molecule has 0 radical (unpaired) electrons. The molecule has 2 aliphatic rings. The van der Waals surface area contributed by atoms with Crippen LogP contribution in [-0.4, -0.2) is 41.6 Å². The summed E-state index contributed by atoms with van der Waals surface area (Å²) in [5, 5.41) is 5.28. The van der Waals surface area contributed by atoms with Crippen LogP contribution in [0.5, 0.6) is 11.5 Å². The van der Waals surface area contributed by atoms with E-state index in [4.69, 9.17) is 9.47 Å². The van der Waals surface area contributed by atoms with E-state index in [2.05, 4.69) is 10.6 Å². The molecule has 1 unspecified atom stereocenters. The van der Waals surface area contributed by atoms with Crippen LogP contribution in [0.3, 0.4) is 0 Å². The van der Waals surface area contributed by atoms with Gasteiger partial charge in [-0.25, -0.2) is 9.18 Å². The Labute approximate surface area is 178 Å². The zero-order valence-corrected chi connectivity index (χ0v) is 17.2. The van der Waals surface area contributed by atoms with Crippen molar-refractivity contribution in [3.8, 4) is 11.5 Å². The molecule has 1 saturated heterocycles. The molecular weight excluding hydrogens is 405 g/mol. The molecule has 4 rings (SSSR count). The van der Waals surface area contributed by atoms with E-state index in [1.807, 2.05) is 0 Å². The van der Waals surface area contributed by atoms with Crippen LogP contribution in [0.4, 0.5) is 9.18 Å². The fraction of sp³-hybridized carbons (Fsp3) is 0.318. The van der Waals surface area contributed by atoms with Gasteiger partial charge in [-0.3, -0.25) is 14.5 Å². The standard InChI is InChI=1S/C22H22FN3O5/c1-13-3-4-15(7-16(13)23)10-24-19(27)11-26-20(28)22(2,25-21(26)29)9-14-5-6-17-18(8-14)31-12-30-17/h3-8H,9-12H2,1-2H3,(H,24,27)(H,25,29). The van der Waals surface area contributed by atoms with Crippen LogP contribution in [0.25, 0.3) is 0 Å². The first-order chi connectivity index (χ1) is 14.7. The van der Waals surface area contributed by atoms with Gasteiger partial charge in [0.1, 0.15) is 17.9 Å². The first-order valence-electron chi connectivity index (χ1n) is 9.79. The average molecular weight is 427 g/mol. The number of amides is 4. The minimum atomic E-state index is -1.19. The lowest BCUT2D eigenvalue weighted by atomic mass is 9.92. The third kappa shape index (κ3) is 4.16. The van der Waals surface area contributed by atoms with Crippen molar-refractivity contribution in [3.05, 3.63) is 58.9 Å². The Morgan fingerprint density at radius 3 is 2.68 bits per heavy atom. The molecule has 2 aliphatic heterocycles. The molecule has 0 aromatic heterocycles. The number of aryl methyl sites for hydroxylation is 1. The summed E-state index contributed by atoms with van der Waals surface area (Å²) in [6.07, 6.45) is 0.231. The highest BCUT2D eigenvalue weighted by molar-refractivity contribution is 6.08. The van der Waals surface area contributed by atoms with Crippen LogP contribution < -0.4 is 20.1 Å². The van der Waals surface area contributed by atoms with Crippen LogP contribution in [0.1, 0.15) is 23.6 Å². The molecule has 162 valence electrons. The van der Waals surface area contributed by atoms with E-state index < -0.39 is 29.9 Å². The van der Waals surface area contributed by atoms with Crippen LogP contribution in [-0.2, 0) is 22.6 Å². The number of carbonyl (C=O) groups is 3. The van der Waals surface area contributed by atoms with Gasteiger partial charge >= 0.3 is 6.03 Å². The molecule has 1 atom stereocenters. The van der Waals surface area contributed by atoms with E-state index >= 15 is 0 Å². The number of urea groups is 1. The first-order valence-corrected chi connectivity index (χ1v) is 9.79. The third-order valence-electron chi connectivity index (χ3n) is 5.37. The molecule has 4 amide bonds. The molecule has 2 N–H and O–H groups in total. The fourth-order valence-corrected chi connectivity index (χ4v) is 3.62. The molecule has 31 heavy (non-hydrogen) atoms. The quantitative estimate of drug-likeness (QED) is 0.688. The summed E-state index contributed by atoms with van der Waals surface area (Å²) < 4.78 is 24.3. The number of rotatable bonds is 6. The van der Waals surface area contributed by atoms with E-state index in [9.17, 15) is 18.8 Å². The maximum Gasteiger partial charge on any atom is 0.325 e. The van der Waals surface area contributed by atoms with E-state index in [0.717, 1.165) is 10.5 Å². The summed E-state index contributed by atoms with van der Waals surface area (Å²) in [6, 6.07) is 9.35. The predicted molar refractivity (Wildman–Crippen MR) is 108 cm³/mol. The number of benzene rings is 2. The number of nitrogens with one attached hydrogen (secondary N) is 2. The molecule has 1 fully saturated rings. The number of carbonyl (C=O) groups excluding carboxylic acids is 3. The Hall–Kier alpha value is -3.62. The predicted octanol–water partition coefficient (Wildman–Crippen LogP) is 2.03. The van der Waals surface area contributed by atoms with Crippen molar-refractivity contribution < 1.29 is 28.2 Å². The second kappa shape index (κ2) is 7.90. The Bertz CT molecular complexity index is 1070. The maximum atomic E-state index is 13.6. The number of fused-ring (bicyclic) bond motifs is 1. The number of hydrogen-bond donors (Lipinski definition) is 2. The second-order valence-corrected chi connectivity index (χ2v) is 7.88. The summed E-state index contributed by atoms with van der Waals surface area (Å²) in [7, 11) is 0. The van der Waals surface area contributed by atoms with E-state index in [1.165, 1.54) is 6.07 Å². The number of halogens is 1. The highest BCUT2D eigenvalue weighted by Gasteiger charge is 2.48. The van der Waals surface area contributed by atoms with E-state index in [0.29, 0.717) is 22.6 Å². The average Bonchev–Trinajstić information content (AvgIpc) is 3.27. The molecule has 9 heteroatoms. The summed E-state index contributed by atoms with van der Waals surface area (Å²) in [4.78, 5) is 38.5. The van der Waals surface area contributed by atoms with Crippen LogP contribution in [0.15, 0.2) is 36.4 Å². The number of imide groups is 1. The van der Waals surface area contributed by atoms with Gasteiger partial charge in [0.25, 0.3) is 5.91 Å². The van der Waals surface area contributed by atoms with Gasteiger partial charge in [-0.05, 0) is 48.7 Å². The third-order valence-corrected chi connectivity index (χ3v) is 5.37. The van der Waals surface area contributed by atoms with E-state index in [1.54, 1.807) is 44.2 Å². The highest BCUT2D eigenvalue weighted by Crippen LogP contribution is 2.34. The number of hydrogen-bond acceptors (Lipinski definition) is 5. The first kappa shape index (κ1) is 20.6. The van der Waals surface area contributed by atoms with Crippen molar-refractivity contribution in [1.29, 1.82) is 0 Å². The minimum Gasteiger partial charge on any atom is -0.454 e. The Morgan fingerprint density at radius 1 is 1.16 bits per heavy atom. The lowest BCUT2D eigenvalue weighted by molar-refractivity contribution is -0.134. The highest BCUT2D eigenvalue weighted by atomic mass is 19.1. The van der Waals surface area contributed by atoms with Crippen LogP contribution in [0, 0.1) is 12.7 Å². The normalized spacial score (nSPS) is 19.5. The van der Waals surface area contributed by atoms with Crippen LogP contribution >= 0.6 is 0 Å². The molecule has 8 nitrogen and oxygen atoms in total. The van der Waals surface area contributed by atoms with Gasteiger partial charge in [0, 0.05) is 13.0 Å². The Kier molecular flexibility index (Phi) is 5.26. The van der Waals surface area contributed by atoms with Crippen molar-refractivity contribution in [2.75, 3.05) is 13.3 Å². The smallest absolute Gasteiger partial charge is 0.325 e. The molecule has 0 bridgehead atoms. The Morgan fingerprint density at radius 2 is 1.90 bits per heavy atom. The van der Waals surface area contributed by atoms with E-state index in [-0.39, 0.29) is 25.6 Å². The molecule has 0 spiro atoms. The molecule has 0 saturated carbocycles. The van der Waals surface area contributed by atoms with Gasteiger partial charge < -0.3 is 20.1 Å². The molecule has 0 aliphatic carbocycles. The SMILES string of the molecule is Cc1ccc(CNC(=O)CN2C(=O)NC(C)(Cc3ccc4c(c3)OCO4)C2=O)cc1F. The number of nitrogens with zero attached hydrogens (tertiary/aromatic N) is 1. The van der Waals surface area contributed by atoms with Crippen LogP contribution in [0.2, 0.25) is 0 Å². The monoisotopic (exact) mass is 427 g/mol. The summed E-state index contributed by atoms with van der Waals surface area (Å²) in [5.41, 5.74) is 0.691. The second-order valence-electron chi connectivity index (χ2n) is 7.88. The van der Waals surface area contributed by atoms with Crippen molar-refractivity contribution in [2.24, 2.45) is 0 Å². The summed E-state index contributed by atoms with van der Waals surface area (Å²) in [5.74, 6) is -0.160. The van der Waals surface area contributed by atoms with Crippen molar-refractivity contribution in [1.82, 2.24) is 15.5 Å². The van der Waals surface area contributed by atoms with Gasteiger partial charge in [0.05, 0.1) is 0 Å². The topological polar surface area (TPSA) is 97.0 Å². The van der Waals surface area contributed by atoms with Gasteiger partial charge in [-0.1, -0.05) is 18.2 Å². The molecule has 2 aromatic carbocycles. The van der Waals surface area contributed by atoms with Gasteiger partial charge in [-0.2, -0.15) is 0 Å². The minimum absolute atomic E-state index is 0.0914. The van der Waals surface area contributed by atoms with Crippen molar-refractivity contribution in [3.63, 3.8) is 0 Å². The zero-order valence-electron chi connectivity index (χ0n) is 17.2. The summed E-state index contributed by atoms with van der Waals surface area (Å²) >= 11 is 0. The number of ether oxygens (including phenoxy) is 2. The molecule has 2 aromatic rings. The van der Waals surface area contributed by atoms with Crippen molar-refractivity contribution in [2.45, 2.75) is 32.4 Å². The zero-order chi connectivity index (χ0) is 22.2. The molecular formula is C22H22FN3O5. The largest absolute Gasteiger partial charge is 0.454 e. The van der Waals surface area contributed by atoms with Gasteiger partial charge in [0.15, 0.2) is 11.5 Å². The summed E-state index contributed by atoms with van der Waals surface area (Å²) in [6.45, 7) is 3.08. The van der Waals surface area contributed by atoms with Gasteiger partial charge in [-0.15, -0.1) is 0 Å². The molecule has 2 heterocycles. The lowest BCUT2D eigenvalue weighted by Gasteiger charge is -2.22.